The molecule has 1 amide bonds. The summed E-state index contributed by atoms with van der Waals surface area (Å²) in [5.74, 6) is 0.918. The first-order chi connectivity index (χ1) is 7.47. The monoisotopic (exact) mass is 223 g/mol. The highest BCUT2D eigenvalue weighted by Crippen LogP contribution is 2.31. The first kappa shape index (κ1) is 12.4. The lowest BCUT2D eigenvalue weighted by atomic mass is 10.0. The van der Waals surface area contributed by atoms with Crippen LogP contribution in [0.5, 0.6) is 5.75 Å². The topological polar surface area (TPSA) is 49.8 Å². The Kier molecular flexibility index (Phi) is 3.77. The Morgan fingerprint density at radius 3 is 2.50 bits per heavy atom. The molecule has 0 aromatic heterocycles. The van der Waals surface area contributed by atoms with Gasteiger partial charge >= 0.3 is 6.09 Å². The molecule has 0 saturated carbocycles. The molecule has 0 saturated heterocycles. The molecule has 0 aliphatic carbocycles. The van der Waals surface area contributed by atoms with Crippen LogP contribution >= 0.6 is 0 Å². The number of carbonyl (C=O) groups is 1. The normalized spacial score (nSPS) is 10.3. The first-order valence-electron chi connectivity index (χ1n) is 5.12. The summed E-state index contributed by atoms with van der Waals surface area (Å²) in [6, 6.07) is 5.59. The molecular formula is C12H17NO3. The first-order valence-corrected chi connectivity index (χ1v) is 5.12. The Hall–Kier alpha value is -1.71. The number of amides is 1. The van der Waals surface area contributed by atoms with Gasteiger partial charge in [0, 0.05) is 7.05 Å². The maximum atomic E-state index is 10.9. The predicted molar refractivity (Wildman–Crippen MR) is 63.5 cm³/mol. The van der Waals surface area contributed by atoms with Gasteiger partial charge in [-0.25, -0.2) is 4.79 Å². The van der Waals surface area contributed by atoms with Gasteiger partial charge in [0.1, 0.15) is 5.75 Å². The summed E-state index contributed by atoms with van der Waals surface area (Å²) >= 11 is 0. The van der Waals surface area contributed by atoms with E-state index in [1.165, 1.54) is 14.2 Å². The van der Waals surface area contributed by atoms with Crippen molar-refractivity contribution in [2.75, 3.05) is 19.1 Å². The lowest BCUT2D eigenvalue weighted by Gasteiger charge is -2.18. The van der Waals surface area contributed by atoms with Gasteiger partial charge in [-0.15, -0.1) is 0 Å². The van der Waals surface area contributed by atoms with E-state index < -0.39 is 6.09 Å². The Bertz CT molecular complexity index is 388. The zero-order valence-corrected chi connectivity index (χ0v) is 10.0. The highest BCUT2D eigenvalue weighted by molar-refractivity contribution is 5.87. The highest BCUT2D eigenvalue weighted by Gasteiger charge is 2.15. The van der Waals surface area contributed by atoms with E-state index in [9.17, 15) is 4.79 Å². The van der Waals surface area contributed by atoms with Crippen LogP contribution in [-0.4, -0.2) is 25.4 Å². The molecule has 88 valence electrons. The number of anilines is 1. The fourth-order valence-electron chi connectivity index (χ4n) is 1.43. The van der Waals surface area contributed by atoms with Crippen molar-refractivity contribution in [1.82, 2.24) is 0 Å². The van der Waals surface area contributed by atoms with Crippen molar-refractivity contribution in [3.8, 4) is 5.75 Å². The molecule has 0 radical (unpaired) electrons. The van der Waals surface area contributed by atoms with E-state index in [0.29, 0.717) is 17.4 Å². The largest absolute Gasteiger partial charge is 0.495 e. The summed E-state index contributed by atoms with van der Waals surface area (Å²) in [6.07, 6.45) is -1.00. The summed E-state index contributed by atoms with van der Waals surface area (Å²) < 4.78 is 5.15. The van der Waals surface area contributed by atoms with Gasteiger partial charge in [-0.1, -0.05) is 19.9 Å². The minimum Gasteiger partial charge on any atom is -0.495 e. The molecule has 1 aromatic rings. The van der Waals surface area contributed by atoms with Crippen LogP contribution in [0.15, 0.2) is 18.2 Å². The van der Waals surface area contributed by atoms with Crippen LogP contribution in [-0.2, 0) is 0 Å². The summed E-state index contributed by atoms with van der Waals surface area (Å²) in [5, 5.41) is 8.96. The van der Waals surface area contributed by atoms with Crippen molar-refractivity contribution in [2.24, 2.45) is 0 Å². The van der Waals surface area contributed by atoms with E-state index >= 15 is 0 Å². The van der Waals surface area contributed by atoms with Crippen LogP contribution in [0.4, 0.5) is 10.5 Å². The third-order valence-electron chi connectivity index (χ3n) is 2.52. The smallest absolute Gasteiger partial charge is 0.411 e. The molecular weight excluding hydrogens is 206 g/mol. The minimum absolute atomic E-state index is 0.354. The van der Waals surface area contributed by atoms with E-state index in [1.807, 2.05) is 12.1 Å². The maximum absolute atomic E-state index is 10.9. The molecule has 0 spiro atoms. The standard InChI is InChI=1S/C12H17NO3/c1-8(2)9-5-6-11(16-4)10(7-9)13(3)12(14)15/h5-8H,1-4H3,(H,14,15). The summed E-state index contributed by atoms with van der Waals surface area (Å²) in [7, 11) is 3.04. The Balaban J connectivity index is 3.21. The molecule has 0 unspecified atom stereocenters. The van der Waals surface area contributed by atoms with Crippen LogP contribution in [0.1, 0.15) is 25.3 Å². The molecule has 0 bridgehead atoms. The molecule has 0 aliphatic heterocycles. The lowest BCUT2D eigenvalue weighted by Crippen LogP contribution is -2.24. The third kappa shape index (κ3) is 2.45. The van der Waals surface area contributed by atoms with Gasteiger partial charge in [-0.2, -0.15) is 0 Å². The van der Waals surface area contributed by atoms with Gasteiger partial charge in [0.25, 0.3) is 0 Å². The minimum atomic E-state index is -1.00. The second-order valence-electron chi connectivity index (χ2n) is 3.93. The number of rotatable bonds is 3. The molecule has 0 atom stereocenters. The van der Waals surface area contributed by atoms with Crippen molar-refractivity contribution >= 4 is 11.8 Å². The van der Waals surface area contributed by atoms with E-state index in [2.05, 4.69) is 13.8 Å². The third-order valence-corrected chi connectivity index (χ3v) is 2.52. The van der Waals surface area contributed by atoms with Crippen LogP contribution in [0.2, 0.25) is 0 Å². The lowest BCUT2D eigenvalue weighted by molar-refractivity contribution is 0.203. The van der Waals surface area contributed by atoms with E-state index in [0.717, 1.165) is 10.5 Å². The van der Waals surface area contributed by atoms with Crippen molar-refractivity contribution in [1.29, 1.82) is 0 Å². The maximum Gasteiger partial charge on any atom is 0.411 e. The number of carboxylic acid groups (broad SMARTS) is 1. The average molecular weight is 223 g/mol. The van der Waals surface area contributed by atoms with Gasteiger partial charge in [0.2, 0.25) is 0 Å². The number of methoxy groups -OCH3 is 1. The zero-order chi connectivity index (χ0) is 12.3. The second kappa shape index (κ2) is 4.88. The summed E-state index contributed by atoms with van der Waals surface area (Å²) in [5.41, 5.74) is 1.66. The van der Waals surface area contributed by atoms with Gasteiger partial charge in [-0.05, 0) is 23.6 Å². The van der Waals surface area contributed by atoms with Crippen molar-refractivity contribution in [2.45, 2.75) is 19.8 Å². The van der Waals surface area contributed by atoms with Crippen LogP contribution in [0, 0.1) is 0 Å². The molecule has 16 heavy (non-hydrogen) atoms. The number of ether oxygens (including phenoxy) is 1. The fourth-order valence-corrected chi connectivity index (χ4v) is 1.43. The number of hydrogen-bond donors (Lipinski definition) is 1. The molecule has 0 heterocycles. The summed E-state index contributed by atoms with van der Waals surface area (Å²) in [6.45, 7) is 4.12. The molecule has 4 nitrogen and oxygen atoms in total. The van der Waals surface area contributed by atoms with Crippen molar-refractivity contribution < 1.29 is 14.6 Å². The van der Waals surface area contributed by atoms with E-state index in [1.54, 1.807) is 6.07 Å². The van der Waals surface area contributed by atoms with Gasteiger partial charge in [0.15, 0.2) is 0 Å². The van der Waals surface area contributed by atoms with Gasteiger partial charge in [-0.3, -0.25) is 4.90 Å². The van der Waals surface area contributed by atoms with Crippen LogP contribution in [0.25, 0.3) is 0 Å². The molecule has 4 heteroatoms. The number of hydrogen-bond acceptors (Lipinski definition) is 2. The average Bonchev–Trinajstić information content (AvgIpc) is 2.26. The Morgan fingerprint density at radius 2 is 2.06 bits per heavy atom. The van der Waals surface area contributed by atoms with Crippen molar-refractivity contribution in [3.63, 3.8) is 0 Å². The van der Waals surface area contributed by atoms with Crippen LogP contribution in [0.3, 0.4) is 0 Å². The van der Waals surface area contributed by atoms with E-state index in [4.69, 9.17) is 9.84 Å². The zero-order valence-electron chi connectivity index (χ0n) is 10.0. The number of nitrogens with zero attached hydrogens (tertiary/aromatic N) is 1. The molecule has 0 aliphatic rings. The molecule has 1 aromatic carbocycles. The highest BCUT2D eigenvalue weighted by atomic mass is 16.5. The van der Waals surface area contributed by atoms with E-state index in [-0.39, 0.29) is 0 Å². The molecule has 1 rings (SSSR count). The predicted octanol–water partition coefficient (Wildman–Crippen LogP) is 2.93. The van der Waals surface area contributed by atoms with Crippen LogP contribution < -0.4 is 9.64 Å². The fraction of sp³-hybridized carbons (Fsp3) is 0.417. The summed E-state index contributed by atoms with van der Waals surface area (Å²) in [4.78, 5) is 12.1. The SMILES string of the molecule is COc1ccc(C(C)C)cc1N(C)C(=O)O. The molecule has 1 N–H and O–H groups in total. The second-order valence-corrected chi connectivity index (χ2v) is 3.93. The quantitative estimate of drug-likeness (QED) is 0.857. The Labute approximate surface area is 95.5 Å². The Morgan fingerprint density at radius 1 is 1.44 bits per heavy atom. The number of benzene rings is 1. The van der Waals surface area contributed by atoms with Gasteiger partial charge in [0.05, 0.1) is 12.8 Å². The van der Waals surface area contributed by atoms with Crippen molar-refractivity contribution in [3.05, 3.63) is 23.8 Å². The van der Waals surface area contributed by atoms with Gasteiger partial charge < -0.3 is 9.84 Å². The molecule has 0 fully saturated rings.